The summed E-state index contributed by atoms with van der Waals surface area (Å²) in [4.78, 5) is 47.2. The number of carbonyl (C=O) groups is 2. The summed E-state index contributed by atoms with van der Waals surface area (Å²) >= 11 is 0. The molecule has 2 fully saturated rings. The molecule has 2 aliphatic heterocycles. The molecule has 0 unspecified atom stereocenters. The third kappa shape index (κ3) is 8.43. The molecule has 5 aromatic rings. The smallest absolute Gasteiger partial charge is 0.267 e. The van der Waals surface area contributed by atoms with Gasteiger partial charge in [-0.15, -0.1) is 0 Å². The predicted octanol–water partition coefficient (Wildman–Crippen LogP) is 9.74. The highest BCUT2D eigenvalue weighted by molar-refractivity contribution is 8.87. The van der Waals surface area contributed by atoms with Gasteiger partial charge in [-0.3, -0.25) is 20.4 Å². The minimum Gasteiger partial charge on any atom is -0.267 e. The van der Waals surface area contributed by atoms with Crippen LogP contribution in [0.2, 0.25) is 0 Å². The first-order chi connectivity index (χ1) is 25.4. The fourth-order valence-electron chi connectivity index (χ4n) is 4.89. The fourth-order valence-corrected chi connectivity index (χ4v) is 8.45. The number of amidine groups is 4. The van der Waals surface area contributed by atoms with E-state index in [1.807, 2.05) is 123 Å². The van der Waals surface area contributed by atoms with Gasteiger partial charge in [0.05, 0.1) is 22.7 Å². The Hall–Kier alpha value is -5.28. The van der Waals surface area contributed by atoms with Crippen molar-refractivity contribution in [1.29, 1.82) is 0 Å². The van der Waals surface area contributed by atoms with Crippen LogP contribution in [0.15, 0.2) is 153 Å². The highest BCUT2D eigenvalue weighted by Crippen LogP contribution is 2.36. The van der Waals surface area contributed by atoms with Crippen molar-refractivity contribution in [1.82, 2.24) is 20.9 Å². The second-order valence-electron chi connectivity index (χ2n) is 11.3. The van der Waals surface area contributed by atoms with Crippen LogP contribution in [0.1, 0.15) is 31.8 Å². The Balaban J connectivity index is 1.17. The number of amides is 2. The van der Waals surface area contributed by atoms with Crippen molar-refractivity contribution in [2.24, 2.45) is 20.0 Å². The van der Waals surface area contributed by atoms with Gasteiger partial charge in [-0.05, 0) is 129 Å². The number of benzene rings is 5. The van der Waals surface area contributed by atoms with Gasteiger partial charge in [-0.1, -0.05) is 72.8 Å². The first-order valence-electron chi connectivity index (χ1n) is 16.0. The van der Waals surface area contributed by atoms with Gasteiger partial charge in [0, 0.05) is 11.1 Å². The van der Waals surface area contributed by atoms with Crippen LogP contribution >= 0.6 is 43.2 Å². The zero-order valence-electron chi connectivity index (χ0n) is 27.8. The number of aryl methyl sites for hydroxylation is 2. The van der Waals surface area contributed by atoms with Gasteiger partial charge < -0.3 is 0 Å². The summed E-state index contributed by atoms with van der Waals surface area (Å²) in [5.74, 6) is -0.720. The molecule has 0 aliphatic carbocycles. The van der Waals surface area contributed by atoms with Crippen molar-refractivity contribution in [2.45, 2.75) is 13.8 Å². The average molecular weight is 759 g/mol. The molecule has 2 heterocycles. The first-order valence-corrected chi connectivity index (χ1v) is 20.3. The lowest BCUT2D eigenvalue weighted by Gasteiger charge is -2.30. The number of aliphatic imine (C=N–C) groups is 4. The van der Waals surface area contributed by atoms with Crippen LogP contribution in [0.5, 0.6) is 0 Å². The third-order valence-electron chi connectivity index (χ3n) is 7.61. The third-order valence-corrected chi connectivity index (χ3v) is 11.6. The van der Waals surface area contributed by atoms with E-state index in [0.29, 0.717) is 43.2 Å². The van der Waals surface area contributed by atoms with E-state index in [0.717, 1.165) is 22.5 Å². The molecule has 0 saturated carbocycles. The molecule has 0 spiro atoms. The molecule has 2 amide bonds. The number of para-hydroxylation sites is 4. The predicted molar refractivity (Wildman–Crippen MR) is 219 cm³/mol. The van der Waals surface area contributed by atoms with E-state index in [4.69, 9.17) is 20.0 Å². The largest absolute Gasteiger partial charge is 0.278 e. The van der Waals surface area contributed by atoms with Crippen LogP contribution in [0.25, 0.3) is 0 Å². The second-order valence-corrected chi connectivity index (χ2v) is 15.5. The van der Waals surface area contributed by atoms with Crippen molar-refractivity contribution in [2.75, 3.05) is 0 Å². The summed E-state index contributed by atoms with van der Waals surface area (Å²) in [5, 5.41) is 4.74. The Morgan fingerprint density at radius 3 is 1.21 bits per heavy atom. The molecule has 2 aliphatic rings. The Morgan fingerprint density at radius 2 is 0.827 bits per heavy atom. The van der Waals surface area contributed by atoms with E-state index in [1.165, 1.54) is 53.2 Å². The second kappa shape index (κ2) is 16.4. The summed E-state index contributed by atoms with van der Waals surface area (Å²) in [6.45, 7) is 3.97. The van der Waals surface area contributed by atoms with Gasteiger partial charge in [0.15, 0.2) is 10.3 Å². The molecule has 0 aromatic heterocycles. The molecule has 0 radical (unpaired) electrons. The van der Waals surface area contributed by atoms with Crippen molar-refractivity contribution in [3.8, 4) is 0 Å². The number of hydrogen-bond donors (Lipinski definition) is 2. The molecule has 10 nitrogen and oxygen atoms in total. The maximum absolute atomic E-state index is 14.1. The van der Waals surface area contributed by atoms with Gasteiger partial charge >= 0.3 is 0 Å². The molecule has 0 bridgehead atoms. The normalized spacial score (nSPS) is 17.7. The number of hydrazine groups is 2. The minimum absolute atomic E-state index is 0.351. The lowest BCUT2D eigenvalue weighted by molar-refractivity contribution is 0.0814. The monoisotopic (exact) mass is 758 g/mol. The SMILES string of the molecule is Cc1ccccc1N=C1NN(C(=O)c2ccc(C(=O)N3NC(=Nc4ccccc4C)SSC3=Nc3ccccc3)cc2)C(=Nc2ccccc2)SS1. The molecule has 14 heteroatoms. The van der Waals surface area contributed by atoms with Crippen molar-refractivity contribution in [3.05, 3.63) is 156 Å². The number of carbonyl (C=O) groups excluding carboxylic acids is 2. The zero-order valence-corrected chi connectivity index (χ0v) is 31.1. The van der Waals surface area contributed by atoms with Crippen LogP contribution < -0.4 is 10.9 Å². The van der Waals surface area contributed by atoms with Crippen LogP contribution in [0, 0.1) is 13.8 Å². The molecule has 0 atom stereocenters. The van der Waals surface area contributed by atoms with E-state index in [-0.39, 0.29) is 11.8 Å². The fraction of sp³-hybridized carbons (Fsp3) is 0.0526. The number of rotatable bonds is 6. The van der Waals surface area contributed by atoms with E-state index >= 15 is 0 Å². The van der Waals surface area contributed by atoms with Crippen LogP contribution in [0.3, 0.4) is 0 Å². The minimum atomic E-state index is -0.360. The molecule has 2 N–H and O–H groups in total. The van der Waals surface area contributed by atoms with E-state index in [2.05, 4.69) is 10.9 Å². The molecule has 2 saturated heterocycles. The lowest BCUT2D eigenvalue weighted by atomic mass is 10.1. The lowest BCUT2D eigenvalue weighted by Crippen LogP contribution is -2.50. The molecular weight excluding hydrogens is 729 g/mol. The van der Waals surface area contributed by atoms with Gasteiger partial charge in [0.2, 0.25) is 10.3 Å². The maximum Gasteiger partial charge on any atom is 0.278 e. The summed E-state index contributed by atoms with van der Waals surface area (Å²) < 4.78 is 0. The summed E-state index contributed by atoms with van der Waals surface area (Å²) in [6, 6.07) is 41.0. The first kappa shape index (κ1) is 35.1. The summed E-state index contributed by atoms with van der Waals surface area (Å²) in [7, 11) is 5.43. The molecule has 5 aromatic carbocycles. The Labute approximate surface area is 316 Å². The maximum atomic E-state index is 14.1. The van der Waals surface area contributed by atoms with Crippen molar-refractivity contribution >= 4 is 98.4 Å². The topological polar surface area (TPSA) is 114 Å². The van der Waals surface area contributed by atoms with E-state index < -0.39 is 0 Å². The number of nitrogens with zero attached hydrogens (tertiary/aromatic N) is 6. The zero-order chi connectivity index (χ0) is 35.9. The number of nitrogens with one attached hydrogen (secondary N) is 2. The van der Waals surface area contributed by atoms with Crippen molar-refractivity contribution in [3.63, 3.8) is 0 Å². The van der Waals surface area contributed by atoms with E-state index in [1.54, 1.807) is 24.3 Å². The standard InChI is InChI=1S/C38H30N8O2S4/c1-25-13-9-11-19-31(25)41-35-43-45(37(51-49-35)39-29-15-5-3-6-16-29)33(47)27-21-23-28(24-22-27)34(48)46-38(40-30-17-7-4-8-18-30)52-50-36(44-46)42-32-20-12-10-14-26(32)2/h3-24H,1-2H3,(H,41,43)(H,42,44). The van der Waals surface area contributed by atoms with Crippen LogP contribution in [-0.2, 0) is 0 Å². The highest BCUT2D eigenvalue weighted by atomic mass is 33.1. The summed E-state index contributed by atoms with van der Waals surface area (Å²) in [5.41, 5.74) is 12.1. The quantitative estimate of drug-likeness (QED) is 0.165. The molecular formula is C38H30N8O2S4. The Bertz CT molecular complexity index is 2070. The molecule has 7 rings (SSSR count). The highest BCUT2D eigenvalue weighted by Gasteiger charge is 2.31. The molecule has 258 valence electrons. The van der Waals surface area contributed by atoms with Crippen LogP contribution in [0.4, 0.5) is 22.7 Å². The molecule has 52 heavy (non-hydrogen) atoms. The van der Waals surface area contributed by atoms with E-state index in [9.17, 15) is 9.59 Å². The van der Waals surface area contributed by atoms with Gasteiger partial charge in [-0.25, -0.2) is 20.0 Å². The van der Waals surface area contributed by atoms with Gasteiger partial charge in [-0.2, -0.15) is 10.0 Å². The Kier molecular flexibility index (Phi) is 11.1. The average Bonchev–Trinajstić information content (AvgIpc) is 3.18. The van der Waals surface area contributed by atoms with Crippen molar-refractivity contribution < 1.29 is 9.59 Å². The van der Waals surface area contributed by atoms with Gasteiger partial charge in [0.1, 0.15) is 0 Å². The Morgan fingerprint density at radius 1 is 0.462 bits per heavy atom. The van der Waals surface area contributed by atoms with Gasteiger partial charge in [0.25, 0.3) is 11.8 Å². The summed E-state index contributed by atoms with van der Waals surface area (Å²) in [6.07, 6.45) is 0. The van der Waals surface area contributed by atoms with Crippen LogP contribution in [-0.4, -0.2) is 42.5 Å². The number of hydrogen-bond acceptors (Lipinski definition) is 10.